The van der Waals surface area contributed by atoms with E-state index in [1.807, 2.05) is 31.2 Å². The van der Waals surface area contributed by atoms with Crippen LogP contribution in [0.1, 0.15) is 6.92 Å². The van der Waals surface area contributed by atoms with E-state index in [-0.39, 0.29) is 12.1 Å². The van der Waals surface area contributed by atoms with Crippen molar-refractivity contribution < 1.29 is 23.7 Å². The second-order valence-electron chi connectivity index (χ2n) is 5.85. The standard InChI is InChI=1S/C19H22N2O5/c1-12-11-21(14-7-5-6-8-15(14)26-12)19(22)20-13-9-16(23-2)18(25-4)17(10-13)24-3/h5-10,12H,11H2,1-4H3,(H,20,22)/t12-/m0/s1. The molecule has 1 N–H and O–H groups in total. The molecule has 138 valence electrons. The van der Waals surface area contributed by atoms with Gasteiger partial charge in [0.2, 0.25) is 5.75 Å². The highest BCUT2D eigenvalue weighted by molar-refractivity contribution is 6.03. The summed E-state index contributed by atoms with van der Waals surface area (Å²) in [6.45, 7) is 2.38. The van der Waals surface area contributed by atoms with Gasteiger partial charge >= 0.3 is 6.03 Å². The molecule has 7 heteroatoms. The summed E-state index contributed by atoms with van der Waals surface area (Å²) in [6.07, 6.45) is -0.101. The lowest BCUT2D eigenvalue weighted by Gasteiger charge is -2.33. The molecule has 0 aliphatic carbocycles. The molecule has 2 amide bonds. The molecule has 2 aromatic rings. The molecule has 1 atom stereocenters. The van der Waals surface area contributed by atoms with E-state index in [2.05, 4.69) is 5.32 Å². The first-order valence-electron chi connectivity index (χ1n) is 8.21. The third-order valence-corrected chi connectivity index (χ3v) is 4.09. The van der Waals surface area contributed by atoms with Crippen LogP contribution in [0.25, 0.3) is 0 Å². The Morgan fingerprint density at radius 3 is 2.38 bits per heavy atom. The number of amides is 2. The normalized spacial score (nSPS) is 15.5. The maximum Gasteiger partial charge on any atom is 0.326 e. The second-order valence-corrected chi connectivity index (χ2v) is 5.85. The van der Waals surface area contributed by atoms with Crippen LogP contribution in [-0.4, -0.2) is 40.0 Å². The van der Waals surface area contributed by atoms with Gasteiger partial charge in [-0.05, 0) is 19.1 Å². The van der Waals surface area contributed by atoms with Crippen molar-refractivity contribution in [3.8, 4) is 23.0 Å². The first-order chi connectivity index (χ1) is 12.6. The summed E-state index contributed by atoms with van der Waals surface area (Å²) in [4.78, 5) is 14.5. The molecule has 1 heterocycles. The van der Waals surface area contributed by atoms with Crippen LogP contribution < -0.4 is 29.2 Å². The number of methoxy groups -OCH3 is 3. The molecule has 3 rings (SSSR count). The zero-order chi connectivity index (χ0) is 18.7. The molecule has 2 aromatic carbocycles. The number of hydrogen-bond acceptors (Lipinski definition) is 5. The van der Waals surface area contributed by atoms with Gasteiger partial charge in [0.05, 0.1) is 39.2 Å². The van der Waals surface area contributed by atoms with Gasteiger partial charge in [0.25, 0.3) is 0 Å². The molecule has 0 bridgehead atoms. The smallest absolute Gasteiger partial charge is 0.326 e. The van der Waals surface area contributed by atoms with Gasteiger partial charge in [0.1, 0.15) is 11.9 Å². The predicted molar refractivity (Wildman–Crippen MR) is 99.0 cm³/mol. The zero-order valence-corrected chi connectivity index (χ0v) is 15.2. The Balaban J connectivity index is 1.89. The topological polar surface area (TPSA) is 69.3 Å². The molecular formula is C19H22N2O5. The molecular weight excluding hydrogens is 336 g/mol. The van der Waals surface area contributed by atoms with E-state index >= 15 is 0 Å². The van der Waals surface area contributed by atoms with E-state index in [9.17, 15) is 4.79 Å². The Hall–Kier alpha value is -3.09. The lowest BCUT2D eigenvalue weighted by atomic mass is 10.2. The number of fused-ring (bicyclic) bond motifs is 1. The molecule has 26 heavy (non-hydrogen) atoms. The highest BCUT2D eigenvalue weighted by Gasteiger charge is 2.27. The van der Waals surface area contributed by atoms with Crippen LogP contribution >= 0.6 is 0 Å². The van der Waals surface area contributed by atoms with Crippen molar-refractivity contribution in [1.29, 1.82) is 0 Å². The van der Waals surface area contributed by atoms with Crippen molar-refractivity contribution >= 4 is 17.4 Å². The maximum absolute atomic E-state index is 12.9. The van der Waals surface area contributed by atoms with Crippen LogP contribution in [-0.2, 0) is 0 Å². The van der Waals surface area contributed by atoms with Gasteiger partial charge in [-0.1, -0.05) is 12.1 Å². The number of nitrogens with zero attached hydrogens (tertiary/aromatic N) is 1. The lowest BCUT2D eigenvalue weighted by Crippen LogP contribution is -2.44. The molecule has 0 saturated heterocycles. The second kappa shape index (κ2) is 7.43. The summed E-state index contributed by atoms with van der Waals surface area (Å²) in [6, 6.07) is 10.6. The Morgan fingerprint density at radius 2 is 1.77 bits per heavy atom. The van der Waals surface area contributed by atoms with Gasteiger partial charge in [-0.25, -0.2) is 4.79 Å². The van der Waals surface area contributed by atoms with Gasteiger partial charge in [0, 0.05) is 12.1 Å². The van der Waals surface area contributed by atoms with Crippen LogP contribution in [0.2, 0.25) is 0 Å². The number of hydrogen-bond donors (Lipinski definition) is 1. The summed E-state index contributed by atoms with van der Waals surface area (Å²) in [5.41, 5.74) is 1.27. The van der Waals surface area contributed by atoms with Crippen molar-refractivity contribution in [1.82, 2.24) is 0 Å². The van der Waals surface area contributed by atoms with E-state index < -0.39 is 0 Å². The van der Waals surface area contributed by atoms with Crippen LogP contribution in [0.5, 0.6) is 23.0 Å². The van der Waals surface area contributed by atoms with E-state index in [1.54, 1.807) is 17.0 Å². The Labute approximate surface area is 152 Å². The monoisotopic (exact) mass is 358 g/mol. The molecule has 0 unspecified atom stereocenters. The minimum absolute atomic E-state index is 0.101. The highest BCUT2D eigenvalue weighted by Crippen LogP contribution is 2.40. The molecule has 1 aliphatic rings. The van der Waals surface area contributed by atoms with Gasteiger partial charge < -0.3 is 24.3 Å². The first kappa shape index (κ1) is 17.7. The lowest BCUT2D eigenvalue weighted by molar-refractivity contribution is 0.208. The van der Waals surface area contributed by atoms with Gasteiger partial charge in [0.15, 0.2) is 11.5 Å². The molecule has 0 aromatic heterocycles. The number of rotatable bonds is 4. The SMILES string of the molecule is COc1cc(NC(=O)N2C[C@H](C)Oc3ccccc32)cc(OC)c1OC. The minimum atomic E-state index is -0.262. The minimum Gasteiger partial charge on any atom is -0.493 e. The molecule has 0 fully saturated rings. The molecule has 7 nitrogen and oxygen atoms in total. The number of carbonyl (C=O) groups is 1. The quantitative estimate of drug-likeness (QED) is 0.905. The fraction of sp³-hybridized carbons (Fsp3) is 0.316. The van der Waals surface area contributed by atoms with Crippen LogP contribution in [0.3, 0.4) is 0 Å². The number of ether oxygens (including phenoxy) is 4. The molecule has 0 radical (unpaired) electrons. The molecule has 1 aliphatic heterocycles. The summed E-state index contributed by atoms with van der Waals surface area (Å²) in [5.74, 6) is 2.10. The van der Waals surface area contributed by atoms with Crippen molar-refractivity contribution in [3.63, 3.8) is 0 Å². The fourth-order valence-electron chi connectivity index (χ4n) is 2.93. The Morgan fingerprint density at radius 1 is 1.12 bits per heavy atom. The maximum atomic E-state index is 12.9. The van der Waals surface area contributed by atoms with Crippen LogP contribution in [0, 0.1) is 0 Å². The van der Waals surface area contributed by atoms with E-state index in [0.29, 0.717) is 35.2 Å². The molecule has 0 spiro atoms. The third kappa shape index (κ3) is 3.33. The number of carbonyl (C=O) groups excluding carboxylic acids is 1. The van der Waals surface area contributed by atoms with Gasteiger partial charge in [-0.15, -0.1) is 0 Å². The zero-order valence-electron chi connectivity index (χ0n) is 15.2. The van der Waals surface area contributed by atoms with Gasteiger partial charge in [-0.2, -0.15) is 0 Å². The number of nitrogens with one attached hydrogen (secondary N) is 1. The summed E-state index contributed by atoms with van der Waals surface area (Å²) in [7, 11) is 4.59. The Bertz CT molecular complexity index is 783. The highest BCUT2D eigenvalue weighted by atomic mass is 16.5. The van der Waals surface area contributed by atoms with Crippen LogP contribution in [0.15, 0.2) is 36.4 Å². The number of anilines is 2. The van der Waals surface area contributed by atoms with E-state index in [4.69, 9.17) is 18.9 Å². The number of para-hydroxylation sites is 2. The van der Waals surface area contributed by atoms with Gasteiger partial charge in [-0.3, -0.25) is 4.90 Å². The fourth-order valence-corrected chi connectivity index (χ4v) is 2.93. The van der Waals surface area contributed by atoms with Crippen molar-refractivity contribution in [2.45, 2.75) is 13.0 Å². The largest absolute Gasteiger partial charge is 0.493 e. The first-order valence-corrected chi connectivity index (χ1v) is 8.21. The third-order valence-electron chi connectivity index (χ3n) is 4.09. The summed E-state index contributed by atoms with van der Waals surface area (Å²) < 4.78 is 21.8. The van der Waals surface area contributed by atoms with Crippen molar-refractivity contribution in [2.24, 2.45) is 0 Å². The van der Waals surface area contributed by atoms with E-state index in [0.717, 1.165) is 5.69 Å². The number of urea groups is 1. The van der Waals surface area contributed by atoms with Crippen LogP contribution in [0.4, 0.5) is 16.2 Å². The Kier molecular flexibility index (Phi) is 5.06. The average Bonchev–Trinajstić information content (AvgIpc) is 2.66. The number of benzene rings is 2. The van der Waals surface area contributed by atoms with Crippen molar-refractivity contribution in [3.05, 3.63) is 36.4 Å². The molecule has 0 saturated carbocycles. The summed E-state index contributed by atoms with van der Waals surface area (Å²) >= 11 is 0. The average molecular weight is 358 g/mol. The summed E-state index contributed by atoms with van der Waals surface area (Å²) in [5, 5.41) is 2.89. The van der Waals surface area contributed by atoms with E-state index in [1.165, 1.54) is 21.3 Å². The predicted octanol–water partition coefficient (Wildman–Crippen LogP) is 3.53. The van der Waals surface area contributed by atoms with Crippen molar-refractivity contribution in [2.75, 3.05) is 38.1 Å².